The molecule has 0 spiro atoms. The highest BCUT2D eigenvalue weighted by Gasteiger charge is 2.09. The molecule has 22 heavy (non-hydrogen) atoms. The lowest BCUT2D eigenvalue weighted by molar-refractivity contribution is 0.508. The van der Waals surface area contributed by atoms with Gasteiger partial charge in [-0.1, -0.05) is 42.5 Å². The molecule has 0 fully saturated rings. The van der Waals surface area contributed by atoms with Gasteiger partial charge in [0.05, 0.1) is 11.0 Å². The SMILES string of the molecule is Cc1nc2cccc3c(=C(O)c4ccccc4)ccc(n1)c23. The van der Waals surface area contributed by atoms with Crippen molar-refractivity contribution in [3.63, 3.8) is 0 Å². The van der Waals surface area contributed by atoms with E-state index in [1.54, 1.807) is 0 Å². The van der Waals surface area contributed by atoms with E-state index in [4.69, 9.17) is 0 Å². The van der Waals surface area contributed by atoms with Crippen LogP contribution in [0.15, 0.2) is 60.7 Å². The molecule has 0 amide bonds. The number of aromatic nitrogens is 2. The van der Waals surface area contributed by atoms with Crippen molar-refractivity contribution >= 4 is 27.6 Å². The van der Waals surface area contributed by atoms with Gasteiger partial charge in [0.15, 0.2) is 0 Å². The van der Waals surface area contributed by atoms with E-state index in [2.05, 4.69) is 9.97 Å². The van der Waals surface area contributed by atoms with Crippen molar-refractivity contribution in [2.45, 2.75) is 6.92 Å². The maximum Gasteiger partial charge on any atom is 0.130 e. The highest BCUT2D eigenvalue weighted by Crippen LogP contribution is 2.22. The minimum Gasteiger partial charge on any atom is -0.507 e. The van der Waals surface area contributed by atoms with Gasteiger partial charge in [0.2, 0.25) is 0 Å². The van der Waals surface area contributed by atoms with E-state index in [-0.39, 0.29) is 5.76 Å². The van der Waals surface area contributed by atoms with Gasteiger partial charge in [0, 0.05) is 16.2 Å². The minimum atomic E-state index is 0.274. The monoisotopic (exact) mass is 286 g/mol. The van der Waals surface area contributed by atoms with Crippen LogP contribution in [0, 0.1) is 6.92 Å². The molecule has 0 aliphatic rings. The third kappa shape index (κ3) is 1.91. The summed E-state index contributed by atoms with van der Waals surface area (Å²) in [5.41, 5.74) is 2.61. The summed E-state index contributed by atoms with van der Waals surface area (Å²) in [6.45, 7) is 1.89. The van der Waals surface area contributed by atoms with Crippen LogP contribution in [0.4, 0.5) is 0 Å². The van der Waals surface area contributed by atoms with Crippen molar-refractivity contribution in [3.8, 4) is 0 Å². The standard InChI is InChI=1S/C19H14N2O/c1-12-20-16-9-5-8-14-15(10-11-17(21-12)18(14)16)19(22)13-6-3-2-4-7-13/h2-11,22H,1H3. The van der Waals surface area contributed by atoms with Crippen LogP contribution in [0.1, 0.15) is 11.4 Å². The lowest BCUT2D eigenvalue weighted by atomic mass is 10.0. The molecular weight excluding hydrogens is 272 g/mol. The van der Waals surface area contributed by atoms with Gasteiger partial charge in [-0.15, -0.1) is 0 Å². The van der Waals surface area contributed by atoms with E-state index in [1.165, 1.54) is 0 Å². The summed E-state index contributed by atoms with van der Waals surface area (Å²) in [6.07, 6.45) is 0. The molecule has 0 atom stereocenters. The van der Waals surface area contributed by atoms with Gasteiger partial charge < -0.3 is 5.11 Å². The van der Waals surface area contributed by atoms with Crippen molar-refractivity contribution in [1.82, 2.24) is 9.97 Å². The number of aliphatic hydroxyl groups is 1. The number of hydrogen-bond acceptors (Lipinski definition) is 3. The van der Waals surface area contributed by atoms with Crippen LogP contribution in [0.25, 0.3) is 27.6 Å². The van der Waals surface area contributed by atoms with Gasteiger partial charge in [0.1, 0.15) is 11.6 Å². The molecule has 0 aliphatic carbocycles. The second-order valence-electron chi connectivity index (χ2n) is 5.32. The molecule has 1 N–H and O–H groups in total. The highest BCUT2D eigenvalue weighted by molar-refractivity contribution is 6.07. The molecule has 3 aromatic carbocycles. The molecule has 106 valence electrons. The van der Waals surface area contributed by atoms with Gasteiger partial charge in [-0.2, -0.15) is 0 Å². The Balaban J connectivity index is 2.18. The van der Waals surface area contributed by atoms with E-state index in [0.29, 0.717) is 0 Å². The molecule has 0 radical (unpaired) electrons. The number of rotatable bonds is 1. The Morgan fingerprint density at radius 2 is 1.55 bits per heavy atom. The largest absolute Gasteiger partial charge is 0.507 e. The van der Waals surface area contributed by atoms with Crippen LogP contribution < -0.4 is 5.22 Å². The third-order valence-electron chi connectivity index (χ3n) is 3.86. The Morgan fingerprint density at radius 1 is 0.818 bits per heavy atom. The van der Waals surface area contributed by atoms with E-state index < -0.39 is 0 Å². The zero-order valence-corrected chi connectivity index (χ0v) is 12.1. The predicted octanol–water partition coefficient (Wildman–Crippen LogP) is 3.52. The summed E-state index contributed by atoms with van der Waals surface area (Å²) < 4.78 is 0. The first-order chi connectivity index (χ1) is 10.7. The van der Waals surface area contributed by atoms with Crippen molar-refractivity contribution < 1.29 is 5.11 Å². The molecule has 0 saturated heterocycles. The van der Waals surface area contributed by atoms with E-state index >= 15 is 0 Å². The first kappa shape index (κ1) is 12.8. The summed E-state index contributed by atoms with van der Waals surface area (Å²) in [4.78, 5) is 8.99. The highest BCUT2D eigenvalue weighted by atomic mass is 16.3. The Kier molecular flexibility index (Phi) is 2.79. The van der Waals surface area contributed by atoms with Crippen molar-refractivity contribution in [2.75, 3.05) is 0 Å². The maximum absolute atomic E-state index is 10.7. The quantitative estimate of drug-likeness (QED) is 0.582. The maximum atomic E-state index is 10.7. The summed E-state index contributed by atoms with van der Waals surface area (Å²) >= 11 is 0. The zero-order chi connectivity index (χ0) is 15.1. The Morgan fingerprint density at radius 3 is 2.32 bits per heavy atom. The molecule has 0 saturated carbocycles. The van der Waals surface area contributed by atoms with E-state index in [0.717, 1.165) is 38.4 Å². The number of nitrogens with zero attached hydrogens (tertiary/aromatic N) is 2. The number of benzene rings is 3. The van der Waals surface area contributed by atoms with Gasteiger partial charge in [-0.05, 0) is 30.5 Å². The van der Waals surface area contributed by atoms with Crippen molar-refractivity contribution in [2.24, 2.45) is 0 Å². The van der Waals surface area contributed by atoms with Crippen LogP contribution in [-0.2, 0) is 0 Å². The molecule has 3 heteroatoms. The average molecular weight is 286 g/mol. The fourth-order valence-corrected chi connectivity index (χ4v) is 2.89. The fraction of sp³-hybridized carbons (Fsp3) is 0.0526. The molecular formula is C19H14N2O. The van der Waals surface area contributed by atoms with Gasteiger partial charge >= 0.3 is 0 Å². The fourth-order valence-electron chi connectivity index (χ4n) is 2.89. The predicted molar refractivity (Wildman–Crippen MR) is 88.6 cm³/mol. The first-order valence-corrected chi connectivity index (χ1v) is 7.18. The first-order valence-electron chi connectivity index (χ1n) is 7.18. The number of aliphatic hydroxyl groups excluding tert-OH is 1. The Bertz CT molecular complexity index is 1020. The van der Waals surface area contributed by atoms with E-state index in [1.807, 2.05) is 67.6 Å². The Labute approximate surface area is 127 Å². The van der Waals surface area contributed by atoms with Crippen LogP contribution in [0.5, 0.6) is 0 Å². The normalized spacial score (nSPS) is 12.8. The van der Waals surface area contributed by atoms with E-state index in [9.17, 15) is 5.11 Å². The number of hydrogen-bond donors (Lipinski definition) is 1. The third-order valence-corrected chi connectivity index (χ3v) is 3.86. The molecule has 1 heterocycles. The molecule has 4 rings (SSSR count). The molecule has 0 bridgehead atoms. The molecule has 1 aromatic heterocycles. The van der Waals surface area contributed by atoms with Crippen LogP contribution in [0.3, 0.4) is 0 Å². The van der Waals surface area contributed by atoms with Crippen molar-refractivity contribution in [3.05, 3.63) is 77.3 Å². The number of aryl methyl sites for hydroxylation is 1. The summed E-state index contributed by atoms with van der Waals surface area (Å²) in [6, 6.07) is 19.4. The molecule has 0 aliphatic heterocycles. The average Bonchev–Trinajstić information content (AvgIpc) is 2.55. The van der Waals surface area contributed by atoms with Crippen LogP contribution in [-0.4, -0.2) is 15.1 Å². The molecule has 0 unspecified atom stereocenters. The topological polar surface area (TPSA) is 46.0 Å². The second kappa shape index (κ2) is 4.81. The molecule has 3 nitrogen and oxygen atoms in total. The summed E-state index contributed by atoms with van der Waals surface area (Å²) in [7, 11) is 0. The summed E-state index contributed by atoms with van der Waals surface area (Å²) in [5.74, 6) is 1.03. The van der Waals surface area contributed by atoms with Crippen LogP contribution >= 0.6 is 0 Å². The van der Waals surface area contributed by atoms with Crippen LogP contribution in [0.2, 0.25) is 0 Å². The summed E-state index contributed by atoms with van der Waals surface area (Å²) in [5, 5.41) is 13.4. The molecule has 4 aromatic rings. The smallest absolute Gasteiger partial charge is 0.130 e. The van der Waals surface area contributed by atoms with Gasteiger partial charge in [-0.25, -0.2) is 9.97 Å². The minimum absolute atomic E-state index is 0.274. The lowest BCUT2D eigenvalue weighted by Gasteiger charge is -2.08. The Hall–Kier alpha value is -2.94. The van der Waals surface area contributed by atoms with Crippen molar-refractivity contribution in [1.29, 1.82) is 0 Å². The second-order valence-corrected chi connectivity index (χ2v) is 5.32. The van der Waals surface area contributed by atoms with Gasteiger partial charge in [-0.3, -0.25) is 0 Å². The zero-order valence-electron chi connectivity index (χ0n) is 12.1. The lowest BCUT2D eigenvalue weighted by Crippen LogP contribution is -2.09. The van der Waals surface area contributed by atoms with Gasteiger partial charge in [0.25, 0.3) is 0 Å².